The van der Waals surface area contributed by atoms with Crippen LogP contribution in [0.3, 0.4) is 0 Å². The second kappa shape index (κ2) is 6.72. The zero-order chi connectivity index (χ0) is 12.8. The van der Waals surface area contributed by atoms with Gasteiger partial charge in [-0.3, -0.25) is 0 Å². The molecule has 0 saturated carbocycles. The van der Waals surface area contributed by atoms with Crippen LogP contribution in [-0.2, 0) is 4.74 Å². The van der Waals surface area contributed by atoms with Crippen LogP contribution >= 0.6 is 0 Å². The first kappa shape index (κ1) is 14.9. The molecule has 3 nitrogen and oxygen atoms in total. The molecule has 1 saturated heterocycles. The fourth-order valence-corrected chi connectivity index (χ4v) is 2.55. The monoisotopic (exact) mass is 242 g/mol. The van der Waals surface area contributed by atoms with Gasteiger partial charge in [0.25, 0.3) is 0 Å². The van der Waals surface area contributed by atoms with Gasteiger partial charge in [0.1, 0.15) is 0 Å². The Morgan fingerprint density at radius 1 is 1.41 bits per heavy atom. The van der Waals surface area contributed by atoms with Crippen LogP contribution < -0.4 is 10.6 Å². The van der Waals surface area contributed by atoms with Crippen LogP contribution in [-0.4, -0.2) is 38.9 Å². The lowest BCUT2D eigenvalue weighted by molar-refractivity contribution is 0.149. The minimum atomic E-state index is 0.323. The van der Waals surface area contributed by atoms with Gasteiger partial charge in [-0.1, -0.05) is 20.8 Å². The molecule has 1 aliphatic rings. The molecular weight excluding hydrogens is 212 g/mol. The molecule has 17 heavy (non-hydrogen) atoms. The Bertz CT molecular complexity index is 210. The summed E-state index contributed by atoms with van der Waals surface area (Å²) in [5.74, 6) is 0. The van der Waals surface area contributed by atoms with E-state index >= 15 is 0 Å². The van der Waals surface area contributed by atoms with Gasteiger partial charge in [0, 0.05) is 32.3 Å². The molecule has 1 aliphatic heterocycles. The molecule has 1 atom stereocenters. The molecule has 0 aliphatic carbocycles. The van der Waals surface area contributed by atoms with Gasteiger partial charge in [-0.05, 0) is 37.6 Å². The predicted octanol–water partition coefficient (Wildman–Crippen LogP) is 2.17. The van der Waals surface area contributed by atoms with Crippen molar-refractivity contribution in [3.8, 4) is 0 Å². The molecular formula is C14H30N2O. The Balaban J connectivity index is 2.26. The van der Waals surface area contributed by atoms with Crippen molar-refractivity contribution in [2.24, 2.45) is 5.41 Å². The first-order valence-corrected chi connectivity index (χ1v) is 6.98. The summed E-state index contributed by atoms with van der Waals surface area (Å²) in [5, 5.41) is 7.31. The van der Waals surface area contributed by atoms with Crippen molar-refractivity contribution in [1.82, 2.24) is 10.6 Å². The van der Waals surface area contributed by atoms with Crippen LogP contribution in [0, 0.1) is 5.41 Å². The minimum absolute atomic E-state index is 0.323. The summed E-state index contributed by atoms with van der Waals surface area (Å²) >= 11 is 0. The number of rotatable bonds is 8. The fourth-order valence-electron chi connectivity index (χ4n) is 2.55. The average molecular weight is 242 g/mol. The molecule has 102 valence electrons. The Hall–Kier alpha value is -0.120. The predicted molar refractivity (Wildman–Crippen MR) is 73.4 cm³/mol. The fraction of sp³-hybridized carbons (Fsp3) is 1.00. The van der Waals surface area contributed by atoms with Crippen LogP contribution in [0.4, 0.5) is 0 Å². The van der Waals surface area contributed by atoms with Gasteiger partial charge < -0.3 is 15.4 Å². The van der Waals surface area contributed by atoms with Gasteiger partial charge in [-0.15, -0.1) is 0 Å². The van der Waals surface area contributed by atoms with Crippen molar-refractivity contribution in [3.63, 3.8) is 0 Å². The third-order valence-corrected chi connectivity index (χ3v) is 4.06. The molecule has 0 aromatic rings. The summed E-state index contributed by atoms with van der Waals surface area (Å²) in [6.07, 6.45) is 4.97. The van der Waals surface area contributed by atoms with E-state index in [0.717, 1.165) is 26.1 Å². The quantitative estimate of drug-likeness (QED) is 0.684. The Labute approximate surface area is 107 Å². The van der Waals surface area contributed by atoms with Gasteiger partial charge >= 0.3 is 0 Å². The Morgan fingerprint density at radius 3 is 2.71 bits per heavy atom. The second-order valence-corrected chi connectivity index (χ2v) is 6.17. The molecule has 1 rings (SSSR count). The lowest BCUT2D eigenvalue weighted by atomic mass is 9.88. The van der Waals surface area contributed by atoms with E-state index in [1.807, 2.05) is 0 Å². The topological polar surface area (TPSA) is 33.3 Å². The molecule has 3 heteroatoms. The highest BCUT2D eigenvalue weighted by Gasteiger charge is 2.31. The maximum atomic E-state index is 5.16. The van der Waals surface area contributed by atoms with E-state index in [1.165, 1.54) is 25.8 Å². The maximum absolute atomic E-state index is 5.16. The second-order valence-electron chi connectivity index (χ2n) is 6.17. The van der Waals surface area contributed by atoms with Crippen molar-refractivity contribution in [3.05, 3.63) is 0 Å². The highest BCUT2D eigenvalue weighted by atomic mass is 16.5. The Morgan fingerprint density at radius 2 is 2.18 bits per heavy atom. The maximum Gasteiger partial charge on any atom is 0.0467 e. The van der Waals surface area contributed by atoms with Crippen LogP contribution in [0.5, 0.6) is 0 Å². The smallest absolute Gasteiger partial charge is 0.0467 e. The molecule has 0 radical (unpaired) electrons. The van der Waals surface area contributed by atoms with Crippen LogP contribution in [0.2, 0.25) is 0 Å². The number of methoxy groups -OCH3 is 1. The highest BCUT2D eigenvalue weighted by molar-refractivity contribution is 4.94. The van der Waals surface area contributed by atoms with Crippen molar-refractivity contribution < 1.29 is 4.74 Å². The average Bonchev–Trinajstić information content (AvgIpc) is 2.76. The molecule has 0 bridgehead atoms. The van der Waals surface area contributed by atoms with E-state index in [0.29, 0.717) is 11.0 Å². The SMILES string of the molecule is CCC1(CNCC(C)(C)CCOC)CCCN1. The van der Waals surface area contributed by atoms with Crippen molar-refractivity contribution >= 4 is 0 Å². The summed E-state index contributed by atoms with van der Waals surface area (Å²) in [6.45, 7) is 11.1. The van der Waals surface area contributed by atoms with E-state index in [4.69, 9.17) is 4.74 Å². The number of hydrogen-bond donors (Lipinski definition) is 2. The van der Waals surface area contributed by atoms with Gasteiger partial charge in [0.2, 0.25) is 0 Å². The zero-order valence-electron chi connectivity index (χ0n) is 12.1. The number of nitrogens with one attached hydrogen (secondary N) is 2. The summed E-state index contributed by atoms with van der Waals surface area (Å²) in [4.78, 5) is 0. The molecule has 0 spiro atoms. The summed E-state index contributed by atoms with van der Waals surface area (Å²) in [6, 6.07) is 0. The van der Waals surface area contributed by atoms with E-state index in [1.54, 1.807) is 7.11 Å². The molecule has 0 aromatic heterocycles. The van der Waals surface area contributed by atoms with Crippen molar-refractivity contribution in [2.45, 2.75) is 52.0 Å². The third-order valence-electron chi connectivity index (χ3n) is 4.06. The number of hydrogen-bond acceptors (Lipinski definition) is 3. The molecule has 0 amide bonds. The van der Waals surface area contributed by atoms with Crippen LogP contribution in [0.1, 0.15) is 46.5 Å². The lowest BCUT2D eigenvalue weighted by Crippen LogP contribution is -2.49. The van der Waals surface area contributed by atoms with E-state index < -0.39 is 0 Å². The van der Waals surface area contributed by atoms with Gasteiger partial charge in [0.05, 0.1) is 0 Å². The first-order chi connectivity index (χ1) is 8.04. The standard InChI is InChI=1S/C14H30N2O/c1-5-14(7-6-9-16-14)12-15-11-13(2,3)8-10-17-4/h15-16H,5-12H2,1-4H3. The van der Waals surface area contributed by atoms with Gasteiger partial charge in [0.15, 0.2) is 0 Å². The third kappa shape index (κ3) is 4.94. The minimum Gasteiger partial charge on any atom is -0.385 e. The van der Waals surface area contributed by atoms with E-state index in [9.17, 15) is 0 Å². The summed E-state index contributed by atoms with van der Waals surface area (Å²) < 4.78 is 5.16. The van der Waals surface area contributed by atoms with E-state index in [2.05, 4.69) is 31.4 Å². The molecule has 2 N–H and O–H groups in total. The largest absolute Gasteiger partial charge is 0.385 e. The van der Waals surface area contributed by atoms with E-state index in [-0.39, 0.29) is 0 Å². The highest BCUT2D eigenvalue weighted by Crippen LogP contribution is 2.23. The molecule has 0 aromatic carbocycles. The van der Waals surface area contributed by atoms with Crippen LogP contribution in [0.15, 0.2) is 0 Å². The normalized spacial score (nSPS) is 25.4. The molecule has 1 unspecified atom stereocenters. The molecule has 1 fully saturated rings. The van der Waals surface area contributed by atoms with Gasteiger partial charge in [-0.2, -0.15) is 0 Å². The van der Waals surface area contributed by atoms with Crippen molar-refractivity contribution in [2.75, 3.05) is 33.4 Å². The summed E-state index contributed by atoms with van der Waals surface area (Å²) in [7, 11) is 1.78. The number of ether oxygens (including phenoxy) is 1. The van der Waals surface area contributed by atoms with Crippen LogP contribution in [0.25, 0.3) is 0 Å². The summed E-state index contributed by atoms with van der Waals surface area (Å²) in [5.41, 5.74) is 0.681. The Kier molecular flexibility index (Phi) is 5.90. The first-order valence-electron chi connectivity index (χ1n) is 6.98. The zero-order valence-corrected chi connectivity index (χ0v) is 12.1. The van der Waals surface area contributed by atoms with Gasteiger partial charge in [-0.25, -0.2) is 0 Å². The molecule has 1 heterocycles. The van der Waals surface area contributed by atoms with Crippen molar-refractivity contribution in [1.29, 1.82) is 0 Å². The lowest BCUT2D eigenvalue weighted by Gasteiger charge is -2.31.